The van der Waals surface area contributed by atoms with Crippen LogP contribution in [-0.4, -0.2) is 15.0 Å². The molecule has 6 aromatic carbocycles. The molecule has 210 valence electrons. The number of aromatic nitrogens is 3. The smallest absolute Gasteiger partial charge is 0.161 e. The summed E-state index contributed by atoms with van der Waals surface area (Å²) < 4.78 is 6.14. The van der Waals surface area contributed by atoms with E-state index in [2.05, 4.69) is 102 Å². The van der Waals surface area contributed by atoms with Crippen molar-refractivity contribution in [3.8, 4) is 45.0 Å². The van der Waals surface area contributed by atoms with Crippen LogP contribution in [0.2, 0.25) is 0 Å². The molecule has 4 heteroatoms. The summed E-state index contributed by atoms with van der Waals surface area (Å²) in [5, 5.41) is 6.92. The normalized spacial score (nSPS) is 11.6. The number of nitrogens with zero attached hydrogens (tertiary/aromatic N) is 3. The highest BCUT2D eigenvalue weighted by Crippen LogP contribution is 2.39. The van der Waals surface area contributed by atoms with Crippen LogP contribution in [-0.2, 0) is 0 Å². The zero-order valence-electron chi connectivity index (χ0n) is 24.2. The summed E-state index contributed by atoms with van der Waals surface area (Å²) in [5.41, 5.74) is 8.54. The molecule has 0 aliphatic heterocycles. The average Bonchev–Trinajstić information content (AvgIpc) is 3.49. The van der Waals surface area contributed by atoms with E-state index in [-0.39, 0.29) is 0 Å². The van der Waals surface area contributed by atoms with Crippen molar-refractivity contribution in [3.63, 3.8) is 0 Å². The van der Waals surface area contributed by atoms with Crippen LogP contribution in [0.1, 0.15) is 0 Å². The molecule has 0 radical (unpaired) electrons. The first-order valence-electron chi connectivity index (χ1n) is 15.0. The molecule has 0 bridgehead atoms. The first-order chi connectivity index (χ1) is 22.3. The molecule has 0 atom stereocenters. The van der Waals surface area contributed by atoms with Gasteiger partial charge in [0.25, 0.3) is 0 Å². The quantitative estimate of drug-likeness (QED) is 0.196. The SMILES string of the molecule is c1cncc(-c2ccccc2-c2nc(-c3ccc4oc5ccccc5c4c3)cc(-c3cc4ccccc4c4ccccc34)n2)c1. The van der Waals surface area contributed by atoms with Crippen molar-refractivity contribution in [3.05, 3.63) is 152 Å². The Bertz CT molecular complexity index is 2550. The summed E-state index contributed by atoms with van der Waals surface area (Å²) in [4.78, 5) is 14.9. The van der Waals surface area contributed by atoms with E-state index in [9.17, 15) is 0 Å². The first kappa shape index (κ1) is 25.4. The number of rotatable bonds is 4. The number of hydrogen-bond donors (Lipinski definition) is 0. The Hall–Kier alpha value is -6.13. The predicted octanol–water partition coefficient (Wildman–Crippen LogP) is 10.7. The predicted molar refractivity (Wildman–Crippen MR) is 184 cm³/mol. The van der Waals surface area contributed by atoms with Crippen molar-refractivity contribution in [1.82, 2.24) is 15.0 Å². The number of benzene rings is 6. The zero-order chi connectivity index (χ0) is 29.7. The molecule has 9 rings (SSSR count). The van der Waals surface area contributed by atoms with Gasteiger partial charge in [-0.3, -0.25) is 4.98 Å². The van der Waals surface area contributed by atoms with Crippen molar-refractivity contribution in [2.75, 3.05) is 0 Å². The largest absolute Gasteiger partial charge is 0.456 e. The highest BCUT2D eigenvalue weighted by molar-refractivity contribution is 6.13. The fraction of sp³-hybridized carbons (Fsp3) is 0. The average molecular weight is 576 g/mol. The topological polar surface area (TPSA) is 51.8 Å². The zero-order valence-corrected chi connectivity index (χ0v) is 24.2. The van der Waals surface area contributed by atoms with E-state index in [1.807, 2.05) is 48.7 Å². The second-order valence-corrected chi connectivity index (χ2v) is 11.2. The molecule has 0 fully saturated rings. The molecular formula is C41H25N3O. The van der Waals surface area contributed by atoms with Gasteiger partial charge in [-0.05, 0) is 69.6 Å². The first-order valence-corrected chi connectivity index (χ1v) is 15.0. The van der Waals surface area contributed by atoms with E-state index >= 15 is 0 Å². The van der Waals surface area contributed by atoms with Gasteiger partial charge >= 0.3 is 0 Å². The number of para-hydroxylation sites is 1. The van der Waals surface area contributed by atoms with Gasteiger partial charge in [-0.1, -0.05) is 97.1 Å². The molecule has 3 heterocycles. The van der Waals surface area contributed by atoms with Gasteiger partial charge in [0, 0.05) is 45.4 Å². The monoisotopic (exact) mass is 575 g/mol. The van der Waals surface area contributed by atoms with E-state index in [0.717, 1.165) is 66.5 Å². The molecule has 0 aliphatic carbocycles. The Balaban J connectivity index is 1.34. The lowest BCUT2D eigenvalue weighted by Crippen LogP contribution is -1.98. The minimum absolute atomic E-state index is 0.663. The molecule has 0 unspecified atom stereocenters. The van der Waals surface area contributed by atoms with Crippen LogP contribution in [0, 0.1) is 0 Å². The molecule has 0 spiro atoms. The van der Waals surface area contributed by atoms with E-state index < -0.39 is 0 Å². The Kier molecular flexibility index (Phi) is 5.78. The highest BCUT2D eigenvalue weighted by atomic mass is 16.3. The van der Waals surface area contributed by atoms with Crippen LogP contribution in [0.5, 0.6) is 0 Å². The van der Waals surface area contributed by atoms with Gasteiger partial charge < -0.3 is 4.42 Å². The lowest BCUT2D eigenvalue weighted by molar-refractivity contribution is 0.669. The molecule has 9 aromatic rings. The van der Waals surface area contributed by atoms with Gasteiger partial charge in [-0.15, -0.1) is 0 Å². The summed E-state index contributed by atoms with van der Waals surface area (Å²) in [7, 11) is 0. The Morgan fingerprint density at radius 3 is 2.00 bits per heavy atom. The Labute approximate surface area is 259 Å². The number of pyridine rings is 1. The van der Waals surface area contributed by atoms with Crippen LogP contribution < -0.4 is 0 Å². The van der Waals surface area contributed by atoms with E-state index in [4.69, 9.17) is 14.4 Å². The van der Waals surface area contributed by atoms with Gasteiger partial charge in [0.05, 0.1) is 11.4 Å². The standard InChI is InChI=1S/C41H25N3O/c1-2-12-29-26(10-1)22-35(32-15-5-4-14-31(29)32)38-24-37(27-19-20-40-36(23-27)33-16-7-8-18-39(33)45-40)43-41(44-38)34-17-6-3-13-30(34)28-11-9-21-42-25-28/h1-25H. The van der Waals surface area contributed by atoms with Crippen LogP contribution in [0.3, 0.4) is 0 Å². The van der Waals surface area contributed by atoms with Gasteiger partial charge in [-0.25, -0.2) is 9.97 Å². The molecule has 0 saturated carbocycles. The van der Waals surface area contributed by atoms with Crippen LogP contribution in [0.4, 0.5) is 0 Å². The molecule has 0 saturated heterocycles. The highest BCUT2D eigenvalue weighted by Gasteiger charge is 2.17. The third kappa shape index (κ3) is 4.27. The number of furan rings is 1. The second-order valence-electron chi connectivity index (χ2n) is 11.2. The van der Waals surface area contributed by atoms with Gasteiger partial charge in [-0.2, -0.15) is 0 Å². The summed E-state index contributed by atoms with van der Waals surface area (Å²) in [6, 6.07) is 48.3. The third-order valence-corrected chi connectivity index (χ3v) is 8.58. The summed E-state index contributed by atoms with van der Waals surface area (Å²) in [6.07, 6.45) is 3.68. The minimum Gasteiger partial charge on any atom is -0.456 e. The fourth-order valence-corrected chi connectivity index (χ4v) is 6.46. The molecule has 45 heavy (non-hydrogen) atoms. The third-order valence-electron chi connectivity index (χ3n) is 8.58. The number of fused-ring (bicyclic) bond motifs is 6. The van der Waals surface area contributed by atoms with Gasteiger partial charge in [0.1, 0.15) is 11.2 Å². The van der Waals surface area contributed by atoms with Crippen molar-refractivity contribution >= 4 is 43.5 Å². The lowest BCUT2D eigenvalue weighted by atomic mass is 9.94. The minimum atomic E-state index is 0.663. The lowest BCUT2D eigenvalue weighted by Gasteiger charge is -2.15. The van der Waals surface area contributed by atoms with Crippen molar-refractivity contribution < 1.29 is 4.42 Å². The van der Waals surface area contributed by atoms with Crippen molar-refractivity contribution in [2.24, 2.45) is 0 Å². The van der Waals surface area contributed by atoms with E-state index in [0.29, 0.717) is 5.82 Å². The second kappa shape index (κ2) is 10.2. The maximum absolute atomic E-state index is 6.14. The van der Waals surface area contributed by atoms with Gasteiger partial charge in [0.2, 0.25) is 0 Å². The molecule has 0 N–H and O–H groups in total. The fourth-order valence-electron chi connectivity index (χ4n) is 6.46. The maximum atomic E-state index is 6.14. The molecule has 3 aromatic heterocycles. The maximum Gasteiger partial charge on any atom is 0.161 e. The Morgan fingerprint density at radius 1 is 0.422 bits per heavy atom. The summed E-state index contributed by atoms with van der Waals surface area (Å²) in [5.74, 6) is 0.663. The molecule has 0 aliphatic rings. The molecular weight excluding hydrogens is 550 g/mol. The molecule has 0 amide bonds. The van der Waals surface area contributed by atoms with Crippen LogP contribution in [0.15, 0.2) is 156 Å². The Morgan fingerprint density at radius 2 is 1.13 bits per heavy atom. The van der Waals surface area contributed by atoms with Gasteiger partial charge in [0.15, 0.2) is 5.82 Å². The molecule has 4 nitrogen and oxygen atoms in total. The summed E-state index contributed by atoms with van der Waals surface area (Å²) in [6.45, 7) is 0. The van der Waals surface area contributed by atoms with E-state index in [1.54, 1.807) is 6.20 Å². The van der Waals surface area contributed by atoms with E-state index in [1.165, 1.54) is 16.2 Å². The van der Waals surface area contributed by atoms with Crippen molar-refractivity contribution in [2.45, 2.75) is 0 Å². The number of hydrogen-bond acceptors (Lipinski definition) is 4. The summed E-state index contributed by atoms with van der Waals surface area (Å²) >= 11 is 0. The van der Waals surface area contributed by atoms with Crippen LogP contribution in [0.25, 0.3) is 88.5 Å². The van der Waals surface area contributed by atoms with Crippen molar-refractivity contribution in [1.29, 1.82) is 0 Å². The van der Waals surface area contributed by atoms with Crippen LogP contribution >= 0.6 is 0 Å².